The van der Waals surface area contributed by atoms with Crippen LogP contribution in [-0.4, -0.2) is 19.2 Å². The molecule has 0 atom stereocenters. The van der Waals surface area contributed by atoms with E-state index in [2.05, 4.69) is 39.8 Å². The van der Waals surface area contributed by atoms with E-state index in [1.807, 2.05) is 53.7 Å². The van der Waals surface area contributed by atoms with Crippen LogP contribution in [0.4, 0.5) is 0 Å². The predicted molar refractivity (Wildman–Crippen MR) is 111 cm³/mol. The molecule has 24 heavy (non-hydrogen) atoms. The van der Waals surface area contributed by atoms with E-state index in [0.717, 1.165) is 5.75 Å². The molecule has 0 bridgehead atoms. The minimum atomic E-state index is 0.228. The lowest BCUT2D eigenvalue weighted by Crippen LogP contribution is -2.24. The van der Waals surface area contributed by atoms with Gasteiger partial charge in [0.2, 0.25) is 0 Å². The lowest BCUT2D eigenvalue weighted by Gasteiger charge is -2.29. The molecule has 144 valence electrons. The van der Waals surface area contributed by atoms with Gasteiger partial charge in [-0.3, -0.25) is 0 Å². The topological polar surface area (TPSA) is 61.3 Å². The maximum Gasteiger partial charge on any atom is 0.118 e. The maximum absolute atomic E-state index is 5.14. The van der Waals surface area contributed by atoms with Gasteiger partial charge in [-0.2, -0.15) is 0 Å². The van der Waals surface area contributed by atoms with Gasteiger partial charge in [-0.1, -0.05) is 81.4 Å². The van der Waals surface area contributed by atoms with Crippen LogP contribution in [0.15, 0.2) is 24.3 Å². The maximum atomic E-state index is 5.14. The second-order valence-corrected chi connectivity index (χ2v) is 7.09. The first-order valence-corrected chi connectivity index (χ1v) is 9.10. The first kappa shape index (κ1) is 27.8. The normalized spacial score (nSPS) is 10.2. The monoisotopic (exact) mass is 340 g/mol. The fourth-order valence-corrected chi connectivity index (χ4v) is 1.35. The van der Waals surface area contributed by atoms with Crippen molar-refractivity contribution in [1.29, 1.82) is 0 Å². The molecular formula is C21H44N2O. The van der Waals surface area contributed by atoms with E-state index in [0.29, 0.717) is 18.0 Å². The molecule has 0 aliphatic rings. The fourth-order valence-electron chi connectivity index (χ4n) is 1.35. The van der Waals surface area contributed by atoms with Crippen molar-refractivity contribution in [2.45, 2.75) is 86.7 Å². The largest absolute Gasteiger partial charge is 0.497 e. The lowest BCUT2D eigenvalue weighted by atomic mass is 9.75. The van der Waals surface area contributed by atoms with Gasteiger partial charge in [0, 0.05) is 0 Å². The Bertz CT molecular complexity index is 356. The molecule has 0 saturated heterocycles. The molecule has 4 N–H and O–H groups in total. The van der Waals surface area contributed by atoms with Crippen molar-refractivity contribution in [1.82, 2.24) is 0 Å². The summed E-state index contributed by atoms with van der Waals surface area (Å²) in [5.41, 5.74) is 11.8. The molecule has 1 rings (SSSR count). The van der Waals surface area contributed by atoms with Gasteiger partial charge in [0.05, 0.1) is 7.11 Å². The van der Waals surface area contributed by atoms with Crippen LogP contribution in [0.5, 0.6) is 5.75 Å². The van der Waals surface area contributed by atoms with E-state index in [9.17, 15) is 0 Å². The molecule has 0 saturated carbocycles. The zero-order chi connectivity index (χ0) is 19.9. The summed E-state index contributed by atoms with van der Waals surface area (Å²) >= 11 is 0. The van der Waals surface area contributed by atoms with Crippen molar-refractivity contribution >= 4 is 0 Å². The number of ether oxygens (including phenoxy) is 1. The Morgan fingerprint density at radius 3 is 1.29 bits per heavy atom. The van der Waals surface area contributed by atoms with Gasteiger partial charge >= 0.3 is 0 Å². The molecule has 0 aliphatic heterocycles. The molecule has 3 heteroatoms. The van der Waals surface area contributed by atoms with Crippen molar-refractivity contribution in [2.24, 2.45) is 17.4 Å². The number of hydrogen-bond donors (Lipinski definition) is 2. The summed E-state index contributed by atoms with van der Waals surface area (Å²) in [4.78, 5) is 0. The predicted octanol–water partition coefficient (Wildman–Crippen LogP) is 5.36. The quantitative estimate of drug-likeness (QED) is 0.778. The summed E-state index contributed by atoms with van der Waals surface area (Å²) in [6, 6.07) is 9.02. The summed E-state index contributed by atoms with van der Waals surface area (Å²) < 4.78 is 5.14. The minimum absolute atomic E-state index is 0.228. The molecule has 0 spiro atoms. The van der Waals surface area contributed by atoms with Crippen LogP contribution >= 0.6 is 0 Å². The van der Waals surface area contributed by atoms with Crippen LogP contribution in [0.2, 0.25) is 0 Å². The first-order valence-electron chi connectivity index (χ1n) is 9.10. The molecule has 0 aromatic heterocycles. The summed E-state index contributed by atoms with van der Waals surface area (Å²) in [5, 5.41) is 0. The van der Waals surface area contributed by atoms with Crippen LogP contribution in [0.3, 0.4) is 0 Å². The Balaban J connectivity index is -0.000000367. The summed E-state index contributed by atoms with van der Waals surface area (Å²) in [6.07, 6.45) is 0. The standard InChI is InChI=1S/C13H20O.2C3H9N.C2H6/c1-10(2)13(3,4)11-6-8-12(14-5)9-7-11;2*1-3(2)4;1-2/h6-10H,1-5H3;2*3H,4H2,1-2H3;1-2H3. The number of rotatable bonds is 3. The van der Waals surface area contributed by atoms with Crippen LogP contribution in [0.25, 0.3) is 0 Å². The molecule has 0 unspecified atom stereocenters. The smallest absolute Gasteiger partial charge is 0.118 e. The Kier molecular flexibility index (Phi) is 17.9. The minimum Gasteiger partial charge on any atom is -0.497 e. The van der Waals surface area contributed by atoms with E-state index < -0.39 is 0 Å². The van der Waals surface area contributed by atoms with E-state index in [-0.39, 0.29) is 5.41 Å². The van der Waals surface area contributed by atoms with E-state index in [1.54, 1.807) is 7.11 Å². The average Bonchev–Trinajstić information content (AvgIpc) is 2.48. The van der Waals surface area contributed by atoms with E-state index >= 15 is 0 Å². The highest BCUT2D eigenvalue weighted by atomic mass is 16.5. The molecule has 0 aliphatic carbocycles. The third-order valence-electron chi connectivity index (χ3n) is 3.28. The molecule has 1 aromatic carbocycles. The Hall–Kier alpha value is -1.06. The highest BCUT2D eigenvalue weighted by molar-refractivity contribution is 5.31. The van der Waals surface area contributed by atoms with Crippen molar-refractivity contribution in [2.75, 3.05) is 7.11 Å². The third kappa shape index (κ3) is 15.8. The number of benzene rings is 1. The molecule has 3 nitrogen and oxygen atoms in total. The number of methoxy groups -OCH3 is 1. The zero-order valence-electron chi connectivity index (χ0n) is 18.1. The summed E-state index contributed by atoms with van der Waals surface area (Å²) in [7, 11) is 1.70. The Morgan fingerprint density at radius 2 is 1.08 bits per heavy atom. The molecule has 0 heterocycles. The highest BCUT2D eigenvalue weighted by Crippen LogP contribution is 2.31. The highest BCUT2D eigenvalue weighted by Gasteiger charge is 2.24. The van der Waals surface area contributed by atoms with Gasteiger partial charge in [-0.05, 0) is 41.1 Å². The van der Waals surface area contributed by atoms with Crippen LogP contribution in [-0.2, 0) is 5.41 Å². The van der Waals surface area contributed by atoms with Gasteiger partial charge in [-0.25, -0.2) is 0 Å². The number of nitrogens with two attached hydrogens (primary N) is 2. The van der Waals surface area contributed by atoms with E-state index in [4.69, 9.17) is 16.2 Å². The SMILES string of the molecule is CC.CC(C)N.CC(C)N.COc1ccc(C(C)(C)C(C)C)cc1. The molecule has 0 radical (unpaired) electrons. The molecule has 0 fully saturated rings. The summed E-state index contributed by atoms with van der Waals surface area (Å²) in [5.74, 6) is 1.56. The lowest BCUT2D eigenvalue weighted by molar-refractivity contribution is 0.370. The van der Waals surface area contributed by atoms with Gasteiger partial charge in [0.25, 0.3) is 0 Å². The van der Waals surface area contributed by atoms with Crippen LogP contribution in [0, 0.1) is 5.92 Å². The molecule has 0 amide bonds. The molecular weight excluding hydrogens is 296 g/mol. The van der Waals surface area contributed by atoms with Crippen molar-refractivity contribution in [3.63, 3.8) is 0 Å². The summed E-state index contributed by atoms with van der Waals surface area (Å²) in [6.45, 7) is 20.8. The first-order chi connectivity index (χ1) is 10.9. The van der Waals surface area contributed by atoms with Crippen LogP contribution < -0.4 is 16.2 Å². The number of hydrogen-bond acceptors (Lipinski definition) is 3. The molecule has 1 aromatic rings. The van der Waals surface area contributed by atoms with Crippen molar-refractivity contribution in [3.8, 4) is 5.75 Å². The Labute approximate surface area is 152 Å². The fraction of sp³-hybridized carbons (Fsp3) is 0.714. The second-order valence-electron chi connectivity index (χ2n) is 7.09. The average molecular weight is 341 g/mol. The van der Waals surface area contributed by atoms with Crippen LogP contribution in [0.1, 0.15) is 74.8 Å². The van der Waals surface area contributed by atoms with Gasteiger partial charge in [0.1, 0.15) is 5.75 Å². The second kappa shape index (κ2) is 15.5. The van der Waals surface area contributed by atoms with Gasteiger partial charge < -0.3 is 16.2 Å². The Morgan fingerprint density at radius 1 is 0.792 bits per heavy atom. The van der Waals surface area contributed by atoms with Crippen molar-refractivity contribution in [3.05, 3.63) is 29.8 Å². The van der Waals surface area contributed by atoms with Crippen molar-refractivity contribution < 1.29 is 4.74 Å². The zero-order valence-corrected chi connectivity index (χ0v) is 18.1. The van der Waals surface area contributed by atoms with Gasteiger partial charge in [-0.15, -0.1) is 0 Å². The third-order valence-corrected chi connectivity index (χ3v) is 3.28. The van der Waals surface area contributed by atoms with Gasteiger partial charge in [0.15, 0.2) is 0 Å². The van der Waals surface area contributed by atoms with E-state index in [1.165, 1.54) is 5.56 Å².